The van der Waals surface area contributed by atoms with Crippen LogP contribution in [0.1, 0.15) is 27.7 Å². The van der Waals surface area contributed by atoms with Crippen molar-refractivity contribution in [3.8, 4) is 0 Å². The van der Waals surface area contributed by atoms with Crippen molar-refractivity contribution in [2.75, 3.05) is 19.8 Å². The second kappa shape index (κ2) is 14.6. The fraction of sp³-hybridized carbons (Fsp3) is 0.667. The Morgan fingerprint density at radius 3 is 1.60 bits per heavy atom. The minimum atomic E-state index is -5.04. The molecule has 0 radical (unpaired) electrons. The number of carbonyl (C=O) groups excluding carboxylic acids is 5. The lowest BCUT2D eigenvalue weighted by molar-refractivity contribution is -0.309. The van der Waals surface area contributed by atoms with Crippen molar-refractivity contribution in [1.82, 2.24) is 0 Å². The maximum atomic E-state index is 12.8. The van der Waals surface area contributed by atoms with Crippen molar-refractivity contribution in [3.63, 3.8) is 0 Å². The average molecular weight is 598 g/mol. The van der Waals surface area contributed by atoms with Crippen molar-refractivity contribution in [2.24, 2.45) is 0 Å². The number of ether oxygens (including phenoxy) is 8. The van der Waals surface area contributed by atoms with Crippen LogP contribution in [0.5, 0.6) is 0 Å². The minimum absolute atomic E-state index is 0.0360. The minimum Gasteiger partial charge on any atom is -0.463 e. The van der Waals surface area contributed by atoms with Crippen molar-refractivity contribution >= 4 is 29.8 Å². The first-order valence-corrected chi connectivity index (χ1v) is 10.9. The molecule has 0 amide bonds. The molecular weight excluding hydrogens is 574 g/mol. The number of hydrogen-bond donors (Lipinski definition) is 0. The monoisotopic (exact) mass is 598 g/mol. The fourth-order valence-electron chi connectivity index (χ4n) is 2.95. The van der Waals surface area contributed by atoms with E-state index in [0.29, 0.717) is 0 Å². The van der Waals surface area contributed by atoms with Crippen LogP contribution in [0.4, 0.5) is 26.3 Å². The van der Waals surface area contributed by atoms with E-state index >= 15 is 0 Å². The number of esters is 5. The molecule has 0 saturated carbocycles. The smallest absolute Gasteiger partial charge is 0.422 e. The molecule has 228 valence electrons. The summed E-state index contributed by atoms with van der Waals surface area (Å²) in [6.07, 6.45) is -19.3. The van der Waals surface area contributed by atoms with E-state index in [4.69, 9.17) is 28.4 Å². The molecule has 13 nitrogen and oxygen atoms in total. The summed E-state index contributed by atoms with van der Waals surface area (Å²) in [7, 11) is 0. The predicted molar refractivity (Wildman–Crippen MR) is 110 cm³/mol. The number of carbonyl (C=O) groups is 5. The Balaban J connectivity index is 3.51. The zero-order chi connectivity index (χ0) is 30.8. The molecule has 0 aliphatic carbocycles. The summed E-state index contributed by atoms with van der Waals surface area (Å²) in [6.45, 7) is -1.36. The van der Waals surface area contributed by atoms with E-state index in [0.717, 1.165) is 27.7 Å². The first-order chi connectivity index (χ1) is 18.3. The van der Waals surface area contributed by atoms with E-state index in [-0.39, 0.29) is 6.08 Å². The molecule has 1 heterocycles. The molecular formula is C21H24F6O13. The summed E-state index contributed by atoms with van der Waals surface area (Å²) >= 11 is 0. The molecule has 40 heavy (non-hydrogen) atoms. The van der Waals surface area contributed by atoms with E-state index in [1.807, 2.05) is 0 Å². The summed E-state index contributed by atoms with van der Waals surface area (Å²) in [5, 5.41) is 0. The summed E-state index contributed by atoms with van der Waals surface area (Å²) in [4.78, 5) is 58.4. The Labute approximate surface area is 221 Å². The highest BCUT2D eigenvalue weighted by Gasteiger charge is 2.53. The molecule has 0 bridgehead atoms. The molecule has 1 saturated heterocycles. The van der Waals surface area contributed by atoms with Crippen molar-refractivity contribution in [1.29, 1.82) is 0 Å². The van der Waals surface area contributed by atoms with Gasteiger partial charge >= 0.3 is 42.2 Å². The van der Waals surface area contributed by atoms with Gasteiger partial charge in [0.25, 0.3) is 5.95 Å². The van der Waals surface area contributed by atoms with Gasteiger partial charge in [-0.15, -0.1) is 0 Å². The lowest BCUT2D eigenvalue weighted by Gasteiger charge is -2.43. The summed E-state index contributed by atoms with van der Waals surface area (Å²) in [5.74, 6) is -7.31. The van der Waals surface area contributed by atoms with Gasteiger partial charge in [0.2, 0.25) is 12.4 Å². The van der Waals surface area contributed by atoms with Gasteiger partial charge in [-0.3, -0.25) is 19.2 Å². The molecule has 0 N–H and O–H groups in total. The molecule has 0 spiro atoms. The maximum absolute atomic E-state index is 12.8. The lowest BCUT2D eigenvalue weighted by atomic mass is 9.98. The van der Waals surface area contributed by atoms with E-state index in [2.05, 4.69) is 9.47 Å². The van der Waals surface area contributed by atoms with Gasteiger partial charge < -0.3 is 37.9 Å². The maximum Gasteiger partial charge on any atom is 0.422 e. The van der Waals surface area contributed by atoms with Gasteiger partial charge in [-0.05, 0) is 0 Å². The van der Waals surface area contributed by atoms with Gasteiger partial charge in [-0.2, -0.15) is 26.3 Å². The van der Waals surface area contributed by atoms with E-state index in [9.17, 15) is 50.3 Å². The molecule has 0 aromatic heterocycles. The number of hydrogen-bond acceptors (Lipinski definition) is 13. The molecule has 1 fully saturated rings. The molecule has 0 aromatic rings. The van der Waals surface area contributed by atoms with Gasteiger partial charge in [0.05, 0.1) is 0 Å². The Hall–Kier alpha value is -3.77. The fourth-order valence-corrected chi connectivity index (χ4v) is 2.95. The Morgan fingerprint density at radius 1 is 0.650 bits per heavy atom. The van der Waals surface area contributed by atoms with Crippen LogP contribution in [0, 0.1) is 0 Å². The SMILES string of the molecule is CC(=O)OC[C@H]1O[C@H](O/C(=C\C(=O)OCC(F)(F)F)OCC(F)(F)F)[C@@H](OC(C)=O)[C@@H](OC(C)=O)[C@@H]1OC(C)=O. The van der Waals surface area contributed by atoms with Gasteiger partial charge in [0.15, 0.2) is 25.4 Å². The Bertz CT molecular complexity index is 962. The van der Waals surface area contributed by atoms with E-state index < -0.39 is 98.7 Å². The molecule has 1 aliphatic rings. The van der Waals surface area contributed by atoms with Crippen LogP contribution in [0.25, 0.3) is 0 Å². The molecule has 5 atom stereocenters. The van der Waals surface area contributed by atoms with Crippen LogP contribution in [0.15, 0.2) is 12.0 Å². The number of halogens is 6. The summed E-state index contributed by atoms with van der Waals surface area (Å²) in [6, 6.07) is 0. The van der Waals surface area contributed by atoms with Crippen LogP contribution in [-0.2, 0) is 61.9 Å². The third kappa shape index (κ3) is 13.3. The zero-order valence-corrected chi connectivity index (χ0v) is 21.2. The van der Waals surface area contributed by atoms with Crippen molar-refractivity contribution in [3.05, 3.63) is 12.0 Å². The highest BCUT2D eigenvalue weighted by Crippen LogP contribution is 2.31. The summed E-state index contributed by atoms with van der Waals surface area (Å²) in [5.41, 5.74) is 0. The van der Waals surface area contributed by atoms with Crippen LogP contribution in [-0.4, -0.2) is 92.7 Å². The van der Waals surface area contributed by atoms with Crippen LogP contribution in [0.2, 0.25) is 0 Å². The second-order valence-electron chi connectivity index (χ2n) is 7.78. The van der Waals surface area contributed by atoms with Crippen LogP contribution < -0.4 is 0 Å². The van der Waals surface area contributed by atoms with Gasteiger partial charge in [-0.1, -0.05) is 0 Å². The topological polar surface area (TPSA) is 159 Å². The number of rotatable bonds is 11. The molecule has 19 heteroatoms. The van der Waals surface area contributed by atoms with Crippen molar-refractivity contribution < 1.29 is 88.2 Å². The van der Waals surface area contributed by atoms with E-state index in [1.165, 1.54) is 0 Å². The highest BCUT2D eigenvalue weighted by molar-refractivity contribution is 5.82. The average Bonchev–Trinajstić information content (AvgIpc) is 2.76. The molecule has 1 aliphatic heterocycles. The van der Waals surface area contributed by atoms with Gasteiger partial charge in [-0.25, -0.2) is 4.79 Å². The third-order valence-electron chi connectivity index (χ3n) is 4.17. The standard InChI is InChI=1S/C21H24F6O13/c1-9(28)33-6-13-16(36-10(2)29)17(37-11(3)30)18(38-12(4)31)19(39-13)40-15(35-8-21(25,26)27)5-14(32)34-7-20(22,23)24/h5,13,16-19H,6-8H2,1-4H3/b15-5-/t13-,16-,17+,18+,19-/m1/s1. The number of alkyl halides is 6. The van der Waals surface area contributed by atoms with Crippen LogP contribution in [0.3, 0.4) is 0 Å². The van der Waals surface area contributed by atoms with Gasteiger partial charge in [0.1, 0.15) is 18.8 Å². The first-order valence-electron chi connectivity index (χ1n) is 10.9. The summed E-state index contributed by atoms with van der Waals surface area (Å²) < 4.78 is 114. The predicted octanol–water partition coefficient (Wildman–Crippen LogP) is 1.61. The largest absolute Gasteiger partial charge is 0.463 e. The highest BCUT2D eigenvalue weighted by atomic mass is 19.4. The van der Waals surface area contributed by atoms with Crippen molar-refractivity contribution in [2.45, 2.75) is 70.8 Å². The Morgan fingerprint density at radius 2 is 1.12 bits per heavy atom. The van der Waals surface area contributed by atoms with Gasteiger partial charge in [0, 0.05) is 27.7 Å². The molecule has 0 aromatic carbocycles. The quantitative estimate of drug-likeness (QED) is 0.111. The lowest BCUT2D eigenvalue weighted by Crippen LogP contribution is -2.62. The zero-order valence-electron chi connectivity index (χ0n) is 21.2. The normalized spacial score (nSPS) is 23.4. The second-order valence-corrected chi connectivity index (χ2v) is 7.78. The molecule has 1 rings (SSSR count). The first kappa shape index (κ1) is 34.3. The third-order valence-corrected chi connectivity index (χ3v) is 4.17. The van der Waals surface area contributed by atoms with E-state index in [1.54, 1.807) is 0 Å². The Kier molecular flexibility index (Phi) is 12.5. The van der Waals surface area contributed by atoms with Crippen LogP contribution >= 0.6 is 0 Å². The molecule has 0 unspecified atom stereocenters.